The molecular formula is C11H12N6S. The van der Waals surface area contributed by atoms with Gasteiger partial charge in [0.1, 0.15) is 11.6 Å². The van der Waals surface area contributed by atoms with Crippen LogP contribution in [0.2, 0.25) is 0 Å². The Morgan fingerprint density at radius 3 is 3.00 bits per heavy atom. The van der Waals surface area contributed by atoms with Gasteiger partial charge in [0.15, 0.2) is 5.65 Å². The molecule has 1 N–H and O–H groups in total. The van der Waals surface area contributed by atoms with Crippen LogP contribution in [0, 0.1) is 6.92 Å². The Morgan fingerprint density at radius 2 is 2.28 bits per heavy atom. The van der Waals surface area contributed by atoms with E-state index in [-0.39, 0.29) is 0 Å². The third kappa shape index (κ3) is 1.72. The fourth-order valence-electron chi connectivity index (χ4n) is 1.78. The molecule has 0 bridgehead atoms. The van der Waals surface area contributed by atoms with Crippen LogP contribution in [0.15, 0.2) is 17.8 Å². The summed E-state index contributed by atoms with van der Waals surface area (Å²) in [6.07, 6.45) is 3.53. The minimum atomic E-state index is 0.719. The van der Waals surface area contributed by atoms with Gasteiger partial charge in [0.05, 0.1) is 11.6 Å². The Kier molecular flexibility index (Phi) is 2.67. The highest BCUT2D eigenvalue weighted by Crippen LogP contribution is 2.23. The first-order valence-electron chi connectivity index (χ1n) is 5.65. The first kappa shape index (κ1) is 11.1. The van der Waals surface area contributed by atoms with Gasteiger partial charge in [-0.3, -0.25) is 0 Å². The van der Waals surface area contributed by atoms with Crippen LogP contribution in [0.5, 0.6) is 0 Å². The van der Waals surface area contributed by atoms with Gasteiger partial charge in [0.25, 0.3) is 0 Å². The summed E-state index contributed by atoms with van der Waals surface area (Å²) in [5.41, 5.74) is 0.786. The fraction of sp³-hybridized carbons (Fsp3) is 0.273. The summed E-state index contributed by atoms with van der Waals surface area (Å²) >= 11 is 1.53. The molecule has 3 rings (SSSR count). The largest absolute Gasteiger partial charge is 0.370 e. The number of rotatable bonds is 3. The molecule has 0 amide bonds. The van der Waals surface area contributed by atoms with Gasteiger partial charge in [-0.05, 0) is 13.8 Å². The summed E-state index contributed by atoms with van der Waals surface area (Å²) in [5, 5.41) is 11.2. The van der Waals surface area contributed by atoms with Gasteiger partial charge in [-0.2, -0.15) is 9.78 Å². The standard InChI is InChI=1S/C11H12N6S/c1-3-12-9-8-6-14-17(11-13-4-5-18-11)10(8)16-7(2)15-9/h4-6H,3H2,1-2H3,(H,12,15,16). The van der Waals surface area contributed by atoms with Gasteiger partial charge in [0.2, 0.25) is 5.13 Å². The van der Waals surface area contributed by atoms with Crippen molar-refractivity contribution in [3.63, 3.8) is 0 Å². The number of aromatic nitrogens is 5. The number of hydrogen-bond acceptors (Lipinski definition) is 6. The van der Waals surface area contributed by atoms with Crippen molar-refractivity contribution in [1.29, 1.82) is 0 Å². The molecule has 0 saturated carbocycles. The number of thiazole rings is 1. The molecule has 92 valence electrons. The van der Waals surface area contributed by atoms with Gasteiger partial charge >= 0.3 is 0 Å². The Hall–Kier alpha value is -2.02. The molecule has 3 heterocycles. The van der Waals surface area contributed by atoms with Crippen LogP contribution in [-0.4, -0.2) is 31.3 Å². The summed E-state index contributed by atoms with van der Waals surface area (Å²) in [7, 11) is 0. The maximum atomic E-state index is 4.45. The summed E-state index contributed by atoms with van der Waals surface area (Å²) in [6, 6.07) is 0. The van der Waals surface area contributed by atoms with Gasteiger partial charge in [-0.25, -0.2) is 15.0 Å². The SMILES string of the molecule is CCNc1nc(C)nc2c1cnn2-c1nccs1. The van der Waals surface area contributed by atoms with Crippen LogP contribution >= 0.6 is 11.3 Å². The molecule has 0 aliphatic heterocycles. The Morgan fingerprint density at radius 1 is 1.39 bits per heavy atom. The van der Waals surface area contributed by atoms with E-state index < -0.39 is 0 Å². The molecule has 0 radical (unpaired) electrons. The second-order valence-electron chi connectivity index (χ2n) is 3.76. The lowest BCUT2D eigenvalue weighted by atomic mass is 10.4. The monoisotopic (exact) mass is 260 g/mol. The molecule has 0 fully saturated rings. The van der Waals surface area contributed by atoms with Crippen LogP contribution in [-0.2, 0) is 0 Å². The first-order chi connectivity index (χ1) is 8.79. The highest BCUT2D eigenvalue weighted by atomic mass is 32.1. The van der Waals surface area contributed by atoms with Crippen molar-refractivity contribution >= 4 is 28.2 Å². The molecule has 0 saturated heterocycles. The average Bonchev–Trinajstić information content (AvgIpc) is 2.96. The molecule has 6 nitrogen and oxygen atoms in total. The van der Waals surface area contributed by atoms with Gasteiger partial charge in [-0.1, -0.05) is 0 Å². The molecule has 0 aromatic carbocycles. The maximum Gasteiger partial charge on any atom is 0.212 e. The number of nitrogens with zero attached hydrogens (tertiary/aromatic N) is 5. The van der Waals surface area contributed by atoms with E-state index in [0.717, 1.165) is 34.4 Å². The van der Waals surface area contributed by atoms with Crippen molar-refractivity contribution in [3.8, 4) is 5.13 Å². The quantitative estimate of drug-likeness (QED) is 0.780. The van der Waals surface area contributed by atoms with Gasteiger partial charge < -0.3 is 5.32 Å². The predicted molar refractivity (Wildman–Crippen MR) is 71.2 cm³/mol. The van der Waals surface area contributed by atoms with E-state index in [0.29, 0.717) is 0 Å². The van der Waals surface area contributed by atoms with Crippen molar-refractivity contribution in [3.05, 3.63) is 23.6 Å². The summed E-state index contributed by atoms with van der Waals surface area (Å²) in [5.74, 6) is 1.54. The molecule has 3 aromatic heterocycles. The zero-order valence-electron chi connectivity index (χ0n) is 10.1. The van der Waals surface area contributed by atoms with Crippen molar-refractivity contribution in [2.24, 2.45) is 0 Å². The molecule has 0 atom stereocenters. The number of hydrogen-bond donors (Lipinski definition) is 1. The Balaban J connectivity index is 2.24. The minimum Gasteiger partial charge on any atom is -0.370 e. The number of anilines is 1. The first-order valence-corrected chi connectivity index (χ1v) is 6.53. The maximum absolute atomic E-state index is 4.45. The molecular weight excluding hydrogens is 248 g/mol. The van der Waals surface area contributed by atoms with Crippen molar-refractivity contribution in [1.82, 2.24) is 24.7 Å². The van der Waals surface area contributed by atoms with Gasteiger partial charge in [-0.15, -0.1) is 11.3 Å². The zero-order valence-corrected chi connectivity index (χ0v) is 10.9. The van der Waals surface area contributed by atoms with Crippen LogP contribution < -0.4 is 5.32 Å². The Bertz CT molecular complexity index is 672. The third-order valence-electron chi connectivity index (χ3n) is 2.48. The second-order valence-corrected chi connectivity index (χ2v) is 4.63. The Labute approximate surface area is 108 Å². The molecule has 0 spiro atoms. The van der Waals surface area contributed by atoms with E-state index in [4.69, 9.17) is 0 Å². The molecule has 3 aromatic rings. The molecule has 0 unspecified atom stereocenters. The lowest BCUT2D eigenvalue weighted by Crippen LogP contribution is -2.04. The normalized spacial score (nSPS) is 11.0. The van der Waals surface area contributed by atoms with Crippen molar-refractivity contribution < 1.29 is 0 Å². The highest BCUT2D eigenvalue weighted by Gasteiger charge is 2.13. The van der Waals surface area contributed by atoms with Crippen LogP contribution in [0.25, 0.3) is 16.2 Å². The molecule has 0 aliphatic carbocycles. The van der Waals surface area contributed by atoms with Crippen LogP contribution in [0.3, 0.4) is 0 Å². The highest BCUT2D eigenvalue weighted by molar-refractivity contribution is 7.12. The van der Waals surface area contributed by atoms with Crippen LogP contribution in [0.4, 0.5) is 5.82 Å². The van der Waals surface area contributed by atoms with E-state index >= 15 is 0 Å². The van der Waals surface area contributed by atoms with E-state index in [9.17, 15) is 0 Å². The topological polar surface area (TPSA) is 68.5 Å². The number of aryl methyl sites for hydroxylation is 1. The summed E-state index contributed by atoms with van der Waals surface area (Å²) < 4.78 is 1.75. The zero-order chi connectivity index (χ0) is 12.5. The number of fused-ring (bicyclic) bond motifs is 1. The van der Waals surface area contributed by atoms with E-state index in [1.54, 1.807) is 17.1 Å². The van der Waals surface area contributed by atoms with Gasteiger partial charge in [0, 0.05) is 18.1 Å². The second kappa shape index (κ2) is 4.34. The average molecular weight is 260 g/mol. The van der Waals surface area contributed by atoms with Crippen LogP contribution in [0.1, 0.15) is 12.7 Å². The minimum absolute atomic E-state index is 0.719. The summed E-state index contributed by atoms with van der Waals surface area (Å²) in [4.78, 5) is 13.1. The lowest BCUT2D eigenvalue weighted by molar-refractivity contribution is 0.879. The van der Waals surface area contributed by atoms with Crippen molar-refractivity contribution in [2.75, 3.05) is 11.9 Å². The fourth-order valence-corrected chi connectivity index (χ4v) is 2.38. The van der Waals surface area contributed by atoms with E-state index in [2.05, 4.69) is 25.4 Å². The lowest BCUT2D eigenvalue weighted by Gasteiger charge is -2.05. The molecule has 0 aliphatic rings. The van der Waals surface area contributed by atoms with Crippen molar-refractivity contribution in [2.45, 2.75) is 13.8 Å². The molecule has 18 heavy (non-hydrogen) atoms. The predicted octanol–water partition coefficient (Wildman–Crippen LogP) is 2.01. The molecule has 7 heteroatoms. The third-order valence-corrected chi connectivity index (χ3v) is 3.23. The van der Waals surface area contributed by atoms with E-state index in [1.165, 1.54) is 11.3 Å². The number of nitrogens with one attached hydrogen (secondary N) is 1. The smallest absolute Gasteiger partial charge is 0.212 e. The summed E-state index contributed by atoms with van der Waals surface area (Å²) in [6.45, 7) is 4.72. The van der Waals surface area contributed by atoms with E-state index in [1.807, 2.05) is 19.2 Å².